The van der Waals surface area contributed by atoms with Gasteiger partial charge in [0, 0.05) is 14.0 Å². The molecule has 0 unspecified atom stereocenters. The van der Waals surface area contributed by atoms with Crippen molar-refractivity contribution in [1.29, 1.82) is 0 Å². The number of anilines is 1. The van der Waals surface area contributed by atoms with E-state index in [1.807, 2.05) is 19.1 Å². The fraction of sp³-hybridized carbons (Fsp3) is 0.214. The van der Waals surface area contributed by atoms with Crippen LogP contribution in [-0.2, 0) is 4.74 Å². The lowest BCUT2D eigenvalue weighted by molar-refractivity contribution is 0.0607. The number of hydrogen-bond acceptors (Lipinski definition) is 4. The number of benzene rings is 1. The zero-order chi connectivity index (χ0) is 14.2. The summed E-state index contributed by atoms with van der Waals surface area (Å²) in [7, 11) is 1.37. The number of hydrogen-bond donors (Lipinski definition) is 1. The SMILES string of the molecule is COC(=O)c1sc(-c2cccc(C)c2I)c(C)c1N. The van der Waals surface area contributed by atoms with Crippen molar-refractivity contribution >= 4 is 45.6 Å². The second-order valence-corrected chi connectivity index (χ2v) is 6.33. The molecule has 5 heteroatoms. The Kier molecular flexibility index (Phi) is 4.15. The molecule has 0 saturated heterocycles. The van der Waals surface area contributed by atoms with Crippen molar-refractivity contribution in [3.63, 3.8) is 0 Å². The van der Waals surface area contributed by atoms with E-state index in [1.54, 1.807) is 0 Å². The Morgan fingerprint density at radius 1 is 1.37 bits per heavy atom. The molecule has 0 aliphatic heterocycles. The zero-order valence-corrected chi connectivity index (χ0v) is 13.9. The first-order chi connectivity index (χ1) is 8.97. The van der Waals surface area contributed by atoms with E-state index in [0.29, 0.717) is 10.6 Å². The van der Waals surface area contributed by atoms with Gasteiger partial charge in [0.05, 0.1) is 12.8 Å². The van der Waals surface area contributed by atoms with E-state index in [1.165, 1.54) is 27.6 Å². The lowest BCUT2D eigenvalue weighted by atomic mass is 10.1. The van der Waals surface area contributed by atoms with Gasteiger partial charge in [-0.2, -0.15) is 0 Å². The van der Waals surface area contributed by atoms with Gasteiger partial charge < -0.3 is 10.5 Å². The van der Waals surface area contributed by atoms with Gasteiger partial charge in [-0.25, -0.2) is 4.79 Å². The summed E-state index contributed by atoms with van der Waals surface area (Å²) in [5.74, 6) is -0.375. The number of carbonyl (C=O) groups is 1. The van der Waals surface area contributed by atoms with Crippen LogP contribution in [0, 0.1) is 17.4 Å². The molecule has 1 heterocycles. The molecule has 2 N–H and O–H groups in total. The van der Waals surface area contributed by atoms with Crippen LogP contribution >= 0.6 is 33.9 Å². The number of esters is 1. The molecule has 0 amide bonds. The van der Waals surface area contributed by atoms with Crippen molar-refractivity contribution in [2.24, 2.45) is 0 Å². The number of thiophene rings is 1. The van der Waals surface area contributed by atoms with Gasteiger partial charge in [0.25, 0.3) is 0 Å². The van der Waals surface area contributed by atoms with Crippen LogP contribution in [0.2, 0.25) is 0 Å². The third-order valence-electron chi connectivity index (χ3n) is 3.00. The third kappa shape index (κ3) is 2.49. The van der Waals surface area contributed by atoms with E-state index in [4.69, 9.17) is 10.5 Å². The first kappa shape index (κ1) is 14.3. The van der Waals surface area contributed by atoms with Crippen LogP contribution in [0.15, 0.2) is 18.2 Å². The second-order valence-electron chi connectivity index (χ2n) is 4.23. The Balaban J connectivity index is 2.64. The number of carbonyl (C=O) groups excluding carboxylic acids is 1. The quantitative estimate of drug-likeness (QED) is 0.626. The Labute approximate surface area is 129 Å². The third-order valence-corrected chi connectivity index (χ3v) is 5.75. The first-order valence-electron chi connectivity index (χ1n) is 5.70. The van der Waals surface area contributed by atoms with Crippen LogP contribution in [0.5, 0.6) is 0 Å². The molecule has 1 aromatic carbocycles. The maximum absolute atomic E-state index is 11.7. The highest BCUT2D eigenvalue weighted by atomic mass is 127. The van der Waals surface area contributed by atoms with Crippen molar-refractivity contribution in [2.75, 3.05) is 12.8 Å². The second kappa shape index (κ2) is 5.50. The standard InChI is InChI=1S/C14H14INO2S/c1-7-5-4-6-9(10(7)15)12-8(2)11(16)13(19-12)14(17)18-3/h4-6H,16H2,1-3H3. The largest absolute Gasteiger partial charge is 0.465 e. The molecular formula is C14H14INO2S. The zero-order valence-electron chi connectivity index (χ0n) is 10.9. The van der Waals surface area contributed by atoms with Crippen molar-refractivity contribution < 1.29 is 9.53 Å². The Hall–Kier alpha value is -1.08. The van der Waals surface area contributed by atoms with Crippen LogP contribution in [-0.4, -0.2) is 13.1 Å². The minimum Gasteiger partial charge on any atom is -0.465 e. The first-order valence-corrected chi connectivity index (χ1v) is 7.59. The molecule has 0 aliphatic carbocycles. The van der Waals surface area contributed by atoms with Crippen LogP contribution in [0.25, 0.3) is 10.4 Å². The van der Waals surface area contributed by atoms with Crippen molar-refractivity contribution in [3.05, 3.63) is 37.8 Å². The summed E-state index contributed by atoms with van der Waals surface area (Å²) in [4.78, 5) is 13.2. The number of ether oxygens (including phenoxy) is 1. The minimum absolute atomic E-state index is 0.375. The van der Waals surface area contributed by atoms with Crippen LogP contribution in [0.3, 0.4) is 0 Å². The number of halogens is 1. The molecule has 0 fully saturated rings. The number of aryl methyl sites for hydroxylation is 1. The monoisotopic (exact) mass is 387 g/mol. The maximum atomic E-state index is 11.7. The Bertz CT molecular complexity index is 649. The van der Waals surface area contributed by atoms with Crippen LogP contribution in [0.1, 0.15) is 20.8 Å². The molecule has 0 spiro atoms. The maximum Gasteiger partial charge on any atom is 0.350 e. The summed E-state index contributed by atoms with van der Waals surface area (Å²) in [6.07, 6.45) is 0. The molecule has 19 heavy (non-hydrogen) atoms. The summed E-state index contributed by atoms with van der Waals surface area (Å²) in [6, 6.07) is 6.13. The van der Waals surface area contributed by atoms with Crippen LogP contribution < -0.4 is 5.73 Å². The summed E-state index contributed by atoms with van der Waals surface area (Å²) in [6.45, 7) is 4.00. The van der Waals surface area contributed by atoms with E-state index in [0.717, 1.165) is 16.0 Å². The molecule has 100 valence electrons. The highest BCUT2D eigenvalue weighted by molar-refractivity contribution is 14.1. The van der Waals surface area contributed by atoms with Crippen molar-refractivity contribution in [2.45, 2.75) is 13.8 Å². The highest BCUT2D eigenvalue weighted by Gasteiger charge is 2.21. The Morgan fingerprint density at radius 3 is 2.68 bits per heavy atom. The number of methoxy groups -OCH3 is 1. The molecule has 3 nitrogen and oxygen atoms in total. The van der Waals surface area contributed by atoms with E-state index in [-0.39, 0.29) is 5.97 Å². The highest BCUT2D eigenvalue weighted by Crippen LogP contribution is 2.40. The molecule has 1 aromatic heterocycles. The van der Waals surface area contributed by atoms with E-state index in [2.05, 4.69) is 35.6 Å². The average molecular weight is 387 g/mol. The summed E-state index contributed by atoms with van der Waals surface area (Å²) < 4.78 is 5.95. The summed E-state index contributed by atoms with van der Waals surface area (Å²) in [5.41, 5.74) is 9.80. The van der Waals surface area contributed by atoms with E-state index >= 15 is 0 Å². The predicted molar refractivity (Wildman–Crippen MR) is 87.7 cm³/mol. The van der Waals surface area contributed by atoms with Gasteiger partial charge in [0.2, 0.25) is 0 Å². The minimum atomic E-state index is -0.375. The van der Waals surface area contributed by atoms with Gasteiger partial charge in [0.1, 0.15) is 4.88 Å². The number of rotatable bonds is 2. The molecule has 0 saturated carbocycles. The van der Waals surface area contributed by atoms with Gasteiger partial charge >= 0.3 is 5.97 Å². The molecule has 2 rings (SSSR count). The predicted octanol–water partition coefficient (Wildman–Crippen LogP) is 4.01. The van der Waals surface area contributed by atoms with Gasteiger partial charge in [-0.3, -0.25) is 0 Å². The average Bonchev–Trinajstić information content (AvgIpc) is 2.69. The Morgan fingerprint density at radius 2 is 2.05 bits per heavy atom. The number of nitrogen functional groups attached to an aromatic ring is 1. The molecule has 0 aliphatic rings. The molecule has 0 atom stereocenters. The molecule has 0 bridgehead atoms. The van der Waals surface area contributed by atoms with Crippen molar-refractivity contribution in [3.8, 4) is 10.4 Å². The molecular weight excluding hydrogens is 373 g/mol. The summed E-state index contributed by atoms with van der Waals surface area (Å²) in [5, 5.41) is 0. The fourth-order valence-electron chi connectivity index (χ4n) is 1.85. The lowest BCUT2D eigenvalue weighted by Crippen LogP contribution is -2.01. The molecule has 2 aromatic rings. The van der Waals surface area contributed by atoms with Gasteiger partial charge in [0.15, 0.2) is 0 Å². The van der Waals surface area contributed by atoms with E-state index < -0.39 is 0 Å². The fourth-order valence-corrected chi connectivity index (χ4v) is 3.84. The topological polar surface area (TPSA) is 52.3 Å². The normalized spacial score (nSPS) is 10.5. The van der Waals surface area contributed by atoms with Gasteiger partial charge in [-0.05, 0) is 47.6 Å². The van der Waals surface area contributed by atoms with Gasteiger partial charge in [-0.15, -0.1) is 11.3 Å². The van der Waals surface area contributed by atoms with Gasteiger partial charge in [-0.1, -0.05) is 18.2 Å². The van der Waals surface area contributed by atoms with Crippen molar-refractivity contribution in [1.82, 2.24) is 0 Å². The molecule has 0 radical (unpaired) electrons. The van der Waals surface area contributed by atoms with Crippen LogP contribution in [0.4, 0.5) is 5.69 Å². The smallest absolute Gasteiger partial charge is 0.350 e. The summed E-state index contributed by atoms with van der Waals surface area (Å²) >= 11 is 3.71. The number of nitrogens with two attached hydrogens (primary N) is 1. The van der Waals surface area contributed by atoms with E-state index in [9.17, 15) is 4.79 Å². The lowest BCUT2D eigenvalue weighted by Gasteiger charge is -2.06.